The van der Waals surface area contributed by atoms with Gasteiger partial charge in [-0.1, -0.05) is 6.07 Å². The van der Waals surface area contributed by atoms with Crippen LogP contribution in [0.25, 0.3) is 10.9 Å². The van der Waals surface area contributed by atoms with Gasteiger partial charge in [-0.15, -0.1) is 0 Å². The van der Waals surface area contributed by atoms with Gasteiger partial charge in [-0.3, -0.25) is 4.79 Å². The van der Waals surface area contributed by atoms with Crippen LogP contribution in [0.3, 0.4) is 0 Å². The zero-order chi connectivity index (χ0) is 12.7. The van der Waals surface area contributed by atoms with Crippen molar-refractivity contribution in [3.63, 3.8) is 0 Å². The van der Waals surface area contributed by atoms with Crippen LogP contribution >= 0.6 is 0 Å². The lowest BCUT2D eigenvalue weighted by Crippen LogP contribution is -2.36. The van der Waals surface area contributed by atoms with Crippen molar-refractivity contribution in [1.82, 2.24) is 9.88 Å². The zero-order valence-corrected chi connectivity index (χ0v) is 10.8. The molecule has 1 unspecified atom stereocenters. The number of nitrogens with one attached hydrogen (secondary N) is 1. The number of carbonyl (C=O) groups excluding carboxylic acids is 1. The van der Waals surface area contributed by atoms with Gasteiger partial charge in [-0.25, -0.2) is 0 Å². The van der Waals surface area contributed by atoms with Gasteiger partial charge in [0.15, 0.2) is 0 Å². The average molecular weight is 242 g/mol. The van der Waals surface area contributed by atoms with Gasteiger partial charge in [-0.2, -0.15) is 0 Å². The maximum Gasteiger partial charge on any atom is 0.254 e. The van der Waals surface area contributed by atoms with Gasteiger partial charge in [-0.05, 0) is 43.9 Å². The predicted octanol–water partition coefficient (Wildman–Crippen LogP) is 3.04. The third-order valence-electron chi connectivity index (χ3n) is 4.06. The van der Waals surface area contributed by atoms with Crippen molar-refractivity contribution in [3.8, 4) is 0 Å². The highest BCUT2D eigenvalue weighted by Crippen LogP contribution is 2.35. The minimum Gasteiger partial charge on any atom is -0.361 e. The number of H-pyrrole nitrogens is 1. The van der Waals surface area contributed by atoms with Gasteiger partial charge in [0.25, 0.3) is 5.91 Å². The van der Waals surface area contributed by atoms with Gasteiger partial charge in [0, 0.05) is 35.8 Å². The molecule has 0 bridgehead atoms. The topological polar surface area (TPSA) is 36.1 Å². The van der Waals surface area contributed by atoms with Crippen LogP contribution in [0.2, 0.25) is 0 Å². The molecule has 3 heteroatoms. The van der Waals surface area contributed by atoms with Crippen LogP contribution in [-0.4, -0.2) is 28.9 Å². The monoisotopic (exact) mass is 242 g/mol. The summed E-state index contributed by atoms with van der Waals surface area (Å²) in [7, 11) is 1.91. The van der Waals surface area contributed by atoms with E-state index in [0.717, 1.165) is 16.5 Å². The molecular formula is C15H18N2O. The summed E-state index contributed by atoms with van der Waals surface area (Å²) in [6, 6.07) is 8.15. The third kappa shape index (κ3) is 1.80. The maximum absolute atomic E-state index is 12.5. The highest BCUT2D eigenvalue weighted by Gasteiger charge is 2.33. The number of amides is 1. The molecular weight excluding hydrogens is 224 g/mol. The van der Waals surface area contributed by atoms with Crippen LogP contribution in [-0.2, 0) is 0 Å². The van der Waals surface area contributed by atoms with Crippen molar-refractivity contribution in [2.75, 3.05) is 7.05 Å². The number of hydrogen-bond acceptors (Lipinski definition) is 1. The van der Waals surface area contributed by atoms with E-state index in [1.54, 1.807) is 0 Å². The first kappa shape index (κ1) is 11.3. The normalized spacial score (nSPS) is 16.8. The van der Waals surface area contributed by atoms with Gasteiger partial charge >= 0.3 is 0 Å². The largest absolute Gasteiger partial charge is 0.361 e. The fourth-order valence-electron chi connectivity index (χ4n) is 2.54. The van der Waals surface area contributed by atoms with E-state index in [-0.39, 0.29) is 5.91 Å². The van der Waals surface area contributed by atoms with E-state index < -0.39 is 0 Å². The van der Waals surface area contributed by atoms with Crippen LogP contribution in [0.4, 0.5) is 0 Å². The lowest BCUT2D eigenvalue weighted by Gasteiger charge is -2.25. The van der Waals surface area contributed by atoms with Crippen molar-refractivity contribution >= 4 is 16.8 Å². The van der Waals surface area contributed by atoms with Crippen molar-refractivity contribution in [2.45, 2.75) is 25.8 Å². The number of nitrogens with zero attached hydrogens (tertiary/aromatic N) is 1. The summed E-state index contributed by atoms with van der Waals surface area (Å²) in [4.78, 5) is 17.6. The Morgan fingerprint density at radius 2 is 2.17 bits per heavy atom. The molecule has 1 amide bonds. The van der Waals surface area contributed by atoms with Gasteiger partial charge in [0.2, 0.25) is 0 Å². The quantitative estimate of drug-likeness (QED) is 0.882. The number of rotatable bonds is 3. The molecule has 3 nitrogen and oxygen atoms in total. The van der Waals surface area contributed by atoms with Crippen LogP contribution in [0, 0.1) is 5.92 Å². The number of benzene rings is 1. The lowest BCUT2D eigenvalue weighted by atomic mass is 10.1. The fraction of sp³-hybridized carbons (Fsp3) is 0.400. The minimum absolute atomic E-state index is 0.125. The van der Waals surface area contributed by atoms with Crippen LogP contribution in [0.15, 0.2) is 30.5 Å². The van der Waals surface area contributed by atoms with E-state index in [1.165, 1.54) is 12.8 Å². The average Bonchev–Trinajstić information content (AvgIpc) is 3.13. The molecule has 94 valence electrons. The molecule has 0 radical (unpaired) electrons. The Hall–Kier alpha value is -1.77. The standard InChI is InChI=1S/C15H18N2O/c1-10(11-6-7-11)17(2)15(18)13-4-3-5-14-12(13)8-9-16-14/h3-5,8-11,16H,6-7H2,1-2H3. The van der Waals surface area contributed by atoms with Crippen LogP contribution in [0.1, 0.15) is 30.1 Å². The van der Waals surface area contributed by atoms with Crippen molar-refractivity contribution in [3.05, 3.63) is 36.0 Å². The Kier molecular flexibility index (Phi) is 2.62. The first-order valence-electron chi connectivity index (χ1n) is 6.52. The molecule has 1 atom stereocenters. The number of carbonyl (C=O) groups is 1. The Morgan fingerprint density at radius 1 is 1.39 bits per heavy atom. The van der Waals surface area contributed by atoms with E-state index in [0.29, 0.717) is 12.0 Å². The molecule has 1 saturated carbocycles. The molecule has 0 aliphatic heterocycles. The van der Waals surface area contributed by atoms with Crippen LogP contribution < -0.4 is 0 Å². The predicted molar refractivity (Wildman–Crippen MR) is 72.6 cm³/mol. The smallest absolute Gasteiger partial charge is 0.254 e. The van der Waals surface area contributed by atoms with Gasteiger partial charge < -0.3 is 9.88 Å². The Balaban J connectivity index is 1.93. The molecule has 0 saturated heterocycles. The second kappa shape index (κ2) is 4.16. The number of aromatic nitrogens is 1. The summed E-state index contributed by atoms with van der Waals surface area (Å²) >= 11 is 0. The highest BCUT2D eigenvalue weighted by molar-refractivity contribution is 6.06. The molecule has 3 rings (SSSR count). The zero-order valence-electron chi connectivity index (χ0n) is 10.8. The first-order valence-corrected chi connectivity index (χ1v) is 6.52. The summed E-state index contributed by atoms with van der Waals surface area (Å²) in [6.45, 7) is 2.15. The van der Waals surface area contributed by atoms with Gasteiger partial charge in [0.1, 0.15) is 0 Å². The van der Waals surface area contributed by atoms with Crippen LogP contribution in [0.5, 0.6) is 0 Å². The van der Waals surface area contributed by atoms with E-state index in [2.05, 4.69) is 11.9 Å². The molecule has 1 fully saturated rings. The van der Waals surface area contributed by atoms with E-state index >= 15 is 0 Å². The summed E-state index contributed by atoms with van der Waals surface area (Å²) in [6.07, 6.45) is 4.39. The van der Waals surface area contributed by atoms with Gasteiger partial charge in [0.05, 0.1) is 0 Å². The lowest BCUT2D eigenvalue weighted by molar-refractivity contribution is 0.0729. The first-order chi connectivity index (χ1) is 8.68. The van der Waals surface area contributed by atoms with E-state index in [4.69, 9.17) is 0 Å². The molecule has 1 aliphatic carbocycles. The second-order valence-electron chi connectivity index (χ2n) is 5.24. The van der Waals surface area contributed by atoms with Crippen molar-refractivity contribution in [1.29, 1.82) is 0 Å². The summed E-state index contributed by atoms with van der Waals surface area (Å²) < 4.78 is 0. The van der Waals surface area contributed by atoms with Crippen molar-refractivity contribution in [2.24, 2.45) is 5.92 Å². The van der Waals surface area contributed by atoms with E-state index in [1.807, 2.05) is 42.4 Å². The number of fused-ring (bicyclic) bond motifs is 1. The second-order valence-corrected chi connectivity index (χ2v) is 5.24. The Bertz CT molecular complexity index is 583. The number of hydrogen-bond donors (Lipinski definition) is 1. The minimum atomic E-state index is 0.125. The fourth-order valence-corrected chi connectivity index (χ4v) is 2.54. The Labute approximate surface area is 107 Å². The molecule has 1 aromatic heterocycles. The molecule has 1 heterocycles. The summed E-state index contributed by atoms with van der Waals surface area (Å²) in [5, 5.41) is 1.01. The molecule has 1 aliphatic rings. The van der Waals surface area contributed by atoms with E-state index in [9.17, 15) is 4.79 Å². The number of aromatic amines is 1. The third-order valence-corrected chi connectivity index (χ3v) is 4.06. The molecule has 2 aromatic rings. The van der Waals surface area contributed by atoms with Crippen molar-refractivity contribution < 1.29 is 4.79 Å². The summed E-state index contributed by atoms with van der Waals surface area (Å²) in [5.41, 5.74) is 1.82. The maximum atomic E-state index is 12.5. The Morgan fingerprint density at radius 3 is 2.89 bits per heavy atom. The molecule has 1 aromatic carbocycles. The molecule has 0 spiro atoms. The SMILES string of the molecule is CC(C1CC1)N(C)C(=O)c1cccc2[nH]ccc12. The summed E-state index contributed by atoms with van der Waals surface area (Å²) in [5.74, 6) is 0.823. The molecule has 1 N–H and O–H groups in total. The molecule has 18 heavy (non-hydrogen) atoms. The highest BCUT2D eigenvalue weighted by atomic mass is 16.2.